The smallest absolute Gasteiger partial charge is 0.0467 e. The average Bonchev–Trinajstić information content (AvgIpc) is 2.98. The molecule has 1 aromatic carbocycles. The Morgan fingerprint density at radius 2 is 1.88 bits per heavy atom. The topological polar surface area (TPSA) is 20.2 Å². The quantitative estimate of drug-likeness (QED) is 0.824. The van der Waals surface area contributed by atoms with Crippen molar-refractivity contribution in [2.75, 3.05) is 6.61 Å². The largest absolute Gasteiger partial charge is 0.396 e. The van der Waals surface area contributed by atoms with Gasteiger partial charge in [-0.1, -0.05) is 51.1 Å². The van der Waals surface area contributed by atoms with E-state index >= 15 is 0 Å². The van der Waals surface area contributed by atoms with E-state index in [4.69, 9.17) is 0 Å². The number of hydrogen-bond acceptors (Lipinski definition) is 1. The van der Waals surface area contributed by atoms with E-state index in [1.165, 1.54) is 12.0 Å². The van der Waals surface area contributed by atoms with Crippen molar-refractivity contribution in [3.05, 3.63) is 35.9 Å². The molecule has 88 valence electrons. The second-order valence-electron chi connectivity index (χ2n) is 6.07. The normalized spacial score (nSPS) is 26.5. The van der Waals surface area contributed by atoms with Crippen LogP contribution < -0.4 is 0 Å². The Bertz CT molecular complexity index is 336. The second kappa shape index (κ2) is 4.21. The van der Waals surface area contributed by atoms with Crippen LogP contribution in [0.15, 0.2) is 30.3 Å². The van der Waals surface area contributed by atoms with E-state index in [1.807, 2.05) is 0 Å². The Morgan fingerprint density at radius 3 is 2.38 bits per heavy atom. The molecule has 1 fully saturated rings. The van der Waals surface area contributed by atoms with Crippen LogP contribution in [0.1, 0.15) is 38.7 Å². The van der Waals surface area contributed by atoms with Gasteiger partial charge >= 0.3 is 0 Å². The van der Waals surface area contributed by atoms with Crippen molar-refractivity contribution in [3.8, 4) is 0 Å². The number of aliphatic hydroxyl groups is 1. The molecule has 0 radical (unpaired) electrons. The molecule has 1 aliphatic rings. The molecule has 1 aliphatic carbocycles. The molecule has 2 rings (SSSR count). The zero-order chi connectivity index (χ0) is 11.8. The van der Waals surface area contributed by atoms with E-state index < -0.39 is 0 Å². The lowest BCUT2D eigenvalue weighted by molar-refractivity contribution is 0.111. The van der Waals surface area contributed by atoms with E-state index in [0.29, 0.717) is 24.4 Å². The van der Waals surface area contributed by atoms with Gasteiger partial charge in [0.2, 0.25) is 0 Å². The third-order valence-corrected chi connectivity index (χ3v) is 3.89. The van der Waals surface area contributed by atoms with Crippen LogP contribution in [0.5, 0.6) is 0 Å². The molecule has 16 heavy (non-hydrogen) atoms. The van der Waals surface area contributed by atoms with E-state index in [0.717, 1.165) is 0 Å². The Morgan fingerprint density at radius 1 is 1.25 bits per heavy atom. The molecular weight excluding hydrogens is 196 g/mol. The van der Waals surface area contributed by atoms with Crippen molar-refractivity contribution in [1.29, 1.82) is 0 Å². The minimum absolute atomic E-state index is 0.211. The Balaban J connectivity index is 2.06. The number of rotatable bonds is 3. The Labute approximate surface area is 98.5 Å². The highest BCUT2D eigenvalue weighted by Gasteiger charge is 2.47. The molecule has 0 aliphatic heterocycles. The van der Waals surface area contributed by atoms with Crippen molar-refractivity contribution in [3.63, 3.8) is 0 Å². The van der Waals surface area contributed by atoms with Crippen molar-refractivity contribution in [2.24, 2.45) is 17.3 Å². The lowest BCUT2D eigenvalue weighted by Gasteiger charge is -2.29. The molecule has 3 atom stereocenters. The first-order valence-electron chi connectivity index (χ1n) is 6.20. The van der Waals surface area contributed by atoms with Crippen LogP contribution in [-0.2, 0) is 0 Å². The fourth-order valence-electron chi connectivity index (χ4n) is 2.79. The third kappa shape index (κ3) is 2.30. The predicted molar refractivity (Wildman–Crippen MR) is 67.3 cm³/mol. The van der Waals surface area contributed by atoms with Crippen molar-refractivity contribution in [1.82, 2.24) is 0 Å². The molecule has 0 heterocycles. The summed E-state index contributed by atoms with van der Waals surface area (Å²) in [7, 11) is 0. The molecule has 3 unspecified atom stereocenters. The Hall–Kier alpha value is -0.820. The highest BCUT2D eigenvalue weighted by molar-refractivity contribution is 5.26. The summed E-state index contributed by atoms with van der Waals surface area (Å²) in [6, 6.07) is 10.7. The molecule has 1 saturated carbocycles. The number of aliphatic hydroxyl groups excluding tert-OH is 1. The van der Waals surface area contributed by atoms with Gasteiger partial charge in [0.05, 0.1) is 0 Å². The summed E-state index contributed by atoms with van der Waals surface area (Å²) < 4.78 is 0. The maximum Gasteiger partial charge on any atom is 0.0467 e. The lowest BCUT2D eigenvalue weighted by atomic mass is 9.77. The number of hydrogen-bond donors (Lipinski definition) is 1. The van der Waals surface area contributed by atoms with Crippen molar-refractivity contribution in [2.45, 2.75) is 33.1 Å². The molecule has 1 aromatic rings. The van der Waals surface area contributed by atoms with E-state index in [1.54, 1.807) is 0 Å². The summed E-state index contributed by atoms with van der Waals surface area (Å²) in [6.07, 6.45) is 1.24. The molecule has 1 nitrogen and oxygen atoms in total. The molecule has 0 spiro atoms. The first-order chi connectivity index (χ1) is 7.54. The Kier molecular flexibility index (Phi) is 3.07. The van der Waals surface area contributed by atoms with Crippen LogP contribution in [-0.4, -0.2) is 11.7 Å². The molecule has 1 N–H and O–H groups in total. The lowest BCUT2D eigenvalue weighted by Crippen LogP contribution is -2.26. The fraction of sp³-hybridized carbons (Fsp3) is 0.600. The molecule has 0 saturated heterocycles. The highest BCUT2D eigenvalue weighted by Crippen LogP contribution is 2.55. The summed E-state index contributed by atoms with van der Waals surface area (Å²) in [5, 5.41) is 9.54. The van der Waals surface area contributed by atoms with Gasteiger partial charge < -0.3 is 5.11 Å². The van der Waals surface area contributed by atoms with Gasteiger partial charge in [-0.2, -0.15) is 0 Å². The van der Waals surface area contributed by atoms with E-state index in [2.05, 4.69) is 51.1 Å². The predicted octanol–water partition coefficient (Wildman–Crippen LogP) is 3.44. The van der Waals surface area contributed by atoms with Gasteiger partial charge in [0, 0.05) is 6.61 Å². The summed E-state index contributed by atoms with van der Waals surface area (Å²) in [6.45, 7) is 7.01. The van der Waals surface area contributed by atoms with Crippen molar-refractivity contribution < 1.29 is 5.11 Å². The number of benzene rings is 1. The van der Waals surface area contributed by atoms with Gasteiger partial charge in [-0.15, -0.1) is 0 Å². The van der Waals surface area contributed by atoms with E-state index in [9.17, 15) is 5.11 Å². The standard InChI is InChI=1S/C15H22O/c1-15(2,3)14(10-16)13-9-12(13)11-7-5-4-6-8-11/h4-8,12-14,16H,9-10H2,1-3H3. The summed E-state index contributed by atoms with van der Waals surface area (Å²) in [5.74, 6) is 1.78. The first kappa shape index (κ1) is 11.7. The van der Waals surface area contributed by atoms with E-state index in [-0.39, 0.29) is 5.41 Å². The molecule has 0 aromatic heterocycles. The molecule has 0 amide bonds. The fourth-order valence-corrected chi connectivity index (χ4v) is 2.79. The summed E-state index contributed by atoms with van der Waals surface area (Å²) in [4.78, 5) is 0. The van der Waals surface area contributed by atoms with Crippen LogP contribution in [0, 0.1) is 17.3 Å². The van der Waals surface area contributed by atoms with Gasteiger partial charge in [0.1, 0.15) is 0 Å². The summed E-state index contributed by atoms with van der Waals surface area (Å²) in [5.41, 5.74) is 1.65. The third-order valence-electron chi connectivity index (χ3n) is 3.89. The SMILES string of the molecule is CC(C)(C)C(CO)C1CC1c1ccccc1. The molecular formula is C15H22O. The average molecular weight is 218 g/mol. The van der Waals surface area contributed by atoms with Crippen LogP contribution >= 0.6 is 0 Å². The highest BCUT2D eigenvalue weighted by atomic mass is 16.3. The maximum absolute atomic E-state index is 9.54. The molecule has 0 bridgehead atoms. The van der Waals surface area contributed by atoms with Gasteiger partial charge in [-0.3, -0.25) is 0 Å². The minimum Gasteiger partial charge on any atom is -0.396 e. The molecule has 1 heteroatoms. The summed E-state index contributed by atoms with van der Waals surface area (Å²) >= 11 is 0. The van der Waals surface area contributed by atoms with Crippen LogP contribution in [0.25, 0.3) is 0 Å². The van der Waals surface area contributed by atoms with Gasteiger partial charge in [0.15, 0.2) is 0 Å². The first-order valence-corrected chi connectivity index (χ1v) is 6.20. The zero-order valence-corrected chi connectivity index (χ0v) is 10.5. The van der Waals surface area contributed by atoms with Gasteiger partial charge in [0.25, 0.3) is 0 Å². The van der Waals surface area contributed by atoms with Gasteiger partial charge in [-0.25, -0.2) is 0 Å². The maximum atomic E-state index is 9.54. The zero-order valence-electron chi connectivity index (χ0n) is 10.5. The van der Waals surface area contributed by atoms with Crippen molar-refractivity contribution >= 4 is 0 Å². The van der Waals surface area contributed by atoms with Crippen LogP contribution in [0.3, 0.4) is 0 Å². The van der Waals surface area contributed by atoms with Gasteiger partial charge in [-0.05, 0) is 35.2 Å². The second-order valence-corrected chi connectivity index (χ2v) is 6.07. The van der Waals surface area contributed by atoms with Crippen LogP contribution in [0.4, 0.5) is 0 Å². The van der Waals surface area contributed by atoms with Crippen LogP contribution in [0.2, 0.25) is 0 Å². The monoisotopic (exact) mass is 218 g/mol. The minimum atomic E-state index is 0.211.